The summed E-state index contributed by atoms with van der Waals surface area (Å²) in [4.78, 5) is 24.2. The fourth-order valence-corrected chi connectivity index (χ4v) is 10.9. The molecule has 0 heterocycles. The Balaban J connectivity index is 0.823. The maximum Gasteiger partial charge on any atom is 0.0788 e. The molecule has 0 N–H and O–H groups in total. The fraction of sp³-hybridized carbons (Fsp3) is 0.0625. The molecule has 11 rings (SSSR count). The van der Waals surface area contributed by atoms with Crippen molar-refractivity contribution in [2.45, 2.75) is 26.8 Å². The Labute approximate surface area is 500 Å². The summed E-state index contributed by atoms with van der Waals surface area (Å²) < 4.78 is 0. The van der Waals surface area contributed by atoms with E-state index in [9.17, 15) is 0 Å². The van der Waals surface area contributed by atoms with Crippen LogP contribution in [0.4, 0.5) is 5.69 Å². The van der Waals surface area contributed by atoms with Crippen LogP contribution >= 0.6 is 0 Å². The van der Waals surface area contributed by atoms with E-state index in [-0.39, 0.29) is 0 Å². The maximum absolute atomic E-state index is 5.29. The SMILES string of the molecule is C=N/C(=C\C(=NCc1cccc(-c2cccc(-c3ccc(/C(=C/c4ccccc4)c4ccccc4N=CC)cc3C)c2)c1)c1ccccc1)c1cccc(-c2cccc(-c3ccc(/C(N=C)=C4\C=CC=CC4=NCCc4ccccc4)cc3)c2)c1. The van der Waals surface area contributed by atoms with Crippen molar-refractivity contribution in [2.24, 2.45) is 25.0 Å². The summed E-state index contributed by atoms with van der Waals surface area (Å²) >= 11 is 0. The van der Waals surface area contributed by atoms with Crippen molar-refractivity contribution in [1.82, 2.24) is 0 Å². The van der Waals surface area contributed by atoms with Crippen LogP contribution in [0.1, 0.15) is 57.0 Å². The van der Waals surface area contributed by atoms with Gasteiger partial charge in [0.1, 0.15) is 0 Å². The Bertz CT molecular complexity index is 4290. The van der Waals surface area contributed by atoms with Crippen LogP contribution in [0.15, 0.2) is 316 Å². The van der Waals surface area contributed by atoms with E-state index in [2.05, 4.69) is 279 Å². The lowest BCUT2D eigenvalue weighted by molar-refractivity contribution is 0.969. The highest BCUT2D eigenvalue weighted by atomic mass is 14.8. The average Bonchev–Trinajstić information content (AvgIpc) is 3.75. The number of rotatable bonds is 19. The van der Waals surface area contributed by atoms with Gasteiger partial charge in [0.15, 0.2) is 0 Å². The van der Waals surface area contributed by atoms with E-state index < -0.39 is 0 Å². The Morgan fingerprint density at radius 3 is 1.78 bits per heavy atom. The second-order valence-corrected chi connectivity index (χ2v) is 20.8. The van der Waals surface area contributed by atoms with E-state index in [1.807, 2.05) is 55.6 Å². The first-order valence-corrected chi connectivity index (χ1v) is 28.8. The van der Waals surface area contributed by atoms with Gasteiger partial charge in [-0.15, -0.1) is 0 Å². The van der Waals surface area contributed by atoms with Crippen LogP contribution in [-0.4, -0.2) is 37.6 Å². The zero-order valence-corrected chi connectivity index (χ0v) is 48.1. The molecule has 0 spiro atoms. The quantitative estimate of drug-likeness (QED) is 0.0572. The lowest BCUT2D eigenvalue weighted by Crippen LogP contribution is -2.05. The molecule has 1 aliphatic carbocycles. The normalized spacial score (nSPS) is 13.8. The first-order chi connectivity index (χ1) is 41.9. The number of allylic oxidation sites excluding steroid dienone is 6. The van der Waals surface area contributed by atoms with Gasteiger partial charge in [-0.05, 0) is 166 Å². The zero-order valence-electron chi connectivity index (χ0n) is 48.1. The van der Waals surface area contributed by atoms with Crippen LogP contribution in [0.3, 0.4) is 0 Å². The average molecular weight is 1100 g/mol. The standard InChI is InChI=1S/C80H65N5/c1-5-83-76-39-17-15-37-73(76)75(51-59-25-11-7-12-26-59)70-45-46-72(57(2)49-70)69-35-21-33-67(53-69)64-30-19-27-60(50-64)56-85-79(62-28-13-8-14-29-62)55-78(81-3)71-36-22-34-68(54-71)66-32-20-31-65(52-66)61-41-43-63(44-42-61)80(82-4)74-38-16-18-40-77(74)84-48-47-58-23-9-6-10-24-58/h5-46,49-55H,3-4,47-48,56H2,1-2H3/b75-51-,78-55-,80-74-,83-5?,84-77?,85-79?. The molecule has 0 radical (unpaired) electrons. The molecule has 5 heteroatoms. The molecule has 410 valence electrons. The zero-order chi connectivity index (χ0) is 58.2. The van der Waals surface area contributed by atoms with E-state index in [0.717, 1.165) is 124 Å². The molecule has 0 amide bonds. The van der Waals surface area contributed by atoms with Gasteiger partial charge in [0.25, 0.3) is 0 Å². The molecule has 0 saturated carbocycles. The van der Waals surface area contributed by atoms with Crippen molar-refractivity contribution in [3.8, 4) is 44.5 Å². The molecule has 85 heavy (non-hydrogen) atoms. The minimum Gasteiger partial charge on any atom is -0.284 e. The molecular formula is C80H65N5. The lowest BCUT2D eigenvalue weighted by atomic mass is 9.90. The Kier molecular flexibility index (Phi) is 18.1. The summed E-state index contributed by atoms with van der Waals surface area (Å²) in [5.74, 6) is 0. The number of hydrogen-bond donors (Lipinski definition) is 0. The molecule has 0 fully saturated rings. The van der Waals surface area contributed by atoms with Gasteiger partial charge in [-0.1, -0.05) is 243 Å². The molecule has 0 atom stereocenters. The lowest BCUT2D eigenvalue weighted by Gasteiger charge is -2.15. The first-order valence-electron chi connectivity index (χ1n) is 28.8. The van der Waals surface area contributed by atoms with E-state index in [1.165, 1.54) is 16.7 Å². The monoisotopic (exact) mass is 1100 g/mol. The van der Waals surface area contributed by atoms with Crippen molar-refractivity contribution < 1.29 is 0 Å². The van der Waals surface area contributed by atoms with Crippen molar-refractivity contribution in [3.63, 3.8) is 0 Å². The third kappa shape index (κ3) is 13.8. The Morgan fingerprint density at radius 2 is 1.06 bits per heavy atom. The predicted molar refractivity (Wildman–Crippen MR) is 364 cm³/mol. The summed E-state index contributed by atoms with van der Waals surface area (Å²) in [6, 6.07) is 89.6. The molecular weight excluding hydrogens is 1030 g/mol. The topological polar surface area (TPSA) is 61.8 Å². The van der Waals surface area contributed by atoms with Gasteiger partial charge >= 0.3 is 0 Å². The summed E-state index contributed by atoms with van der Waals surface area (Å²) in [6.45, 7) is 13.4. The van der Waals surface area contributed by atoms with Gasteiger partial charge in [0.2, 0.25) is 0 Å². The number of para-hydroxylation sites is 1. The van der Waals surface area contributed by atoms with Gasteiger partial charge in [-0.2, -0.15) is 0 Å². The van der Waals surface area contributed by atoms with E-state index in [4.69, 9.17) is 15.0 Å². The van der Waals surface area contributed by atoms with Gasteiger partial charge in [-0.25, -0.2) is 0 Å². The highest BCUT2D eigenvalue weighted by molar-refractivity contribution is 6.16. The summed E-state index contributed by atoms with van der Waals surface area (Å²) in [6.07, 6.45) is 15.2. The molecule has 10 aromatic rings. The van der Waals surface area contributed by atoms with Crippen LogP contribution < -0.4 is 0 Å². The van der Waals surface area contributed by atoms with Crippen LogP contribution in [-0.2, 0) is 13.0 Å². The fourth-order valence-electron chi connectivity index (χ4n) is 10.9. The molecule has 0 saturated heterocycles. The van der Waals surface area contributed by atoms with E-state index in [1.54, 1.807) is 0 Å². The second-order valence-electron chi connectivity index (χ2n) is 20.8. The number of aryl methyl sites for hydroxylation is 1. The van der Waals surface area contributed by atoms with Crippen LogP contribution in [0.2, 0.25) is 0 Å². The molecule has 0 aliphatic heterocycles. The number of nitrogens with zero attached hydrogens (tertiary/aromatic N) is 5. The summed E-state index contributed by atoms with van der Waals surface area (Å²) in [5, 5.41) is 0. The molecule has 10 aromatic carbocycles. The summed E-state index contributed by atoms with van der Waals surface area (Å²) in [7, 11) is 0. The third-order valence-electron chi connectivity index (χ3n) is 15.2. The second kappa shape index (κ2) is 27.3. The Morgan fingerprint density at radius 1 is 0.471 bits per heavy atom. The van der Waals surface area contributed by atoms with Crippen molar-refractivity contribution in [3.05, 3.63) is 341 Å². The van der Waals surface area contributed by atoms with E-state index >= 15 is 0 Å². The van der Waals surface area contributed by atoms with Gasteiger partial charge < -0.3 is 0 Å². The highest BCUT2D eigenvalue weighted by Crippen LogP contribution is 2.37. The molecule has 5 nitrogen and oxygen atoms in total. The highest BCUT2D eigenvalue weighted by Gasteiger charge is 2.16. The van der Waals surface area contributed by atoms with Gasteiger partial charge in [0.05, 0.1) is 35.0 Å². The van der Waals surface area contributed by atoms with Crippen molar-refractivity contribution >= 4 is 59.8 Å². The van der Waals surface area contributed by atoms with E-state index in [0.29, 0.717) is 13.1 Å². The smallest absolute Gasteiger partial charge is 0.0788 e. The molecule has 0 unspecified atom stereocenters. The minimum absolute atomic E-state index is 0.473. The Hall–Kier alpha value is -10.8. The van der Waals surface area contributed by atoms with Crippen LogP contribution in [0.25, 0.3) is 67.6 Å². The predicted octanol–water partition coefficient (Wildman–Crippen LogP) is 19.9. The van der Waals surface area contributed by atoms with Gasteiger partial charge in [0, 0.05) is 35.0 Å². The maximum atomic E-state index is 5.29. The first kappa shape index (κ1) is 56.1. The largest absolute Gasteiger partial charge is 0.284 e. The molecule has 0 aromatic heterocycles. The molecule has 1 aliphatic rings. The van der Waals surface area contributed by atoms with Crippen LogP contribution in [0, 0.1) is 6.92 Å². The minimum atomic E-state index is 0.473. The van der Waals surface area contributed by atoms with Crippen LogP contribution in [0.5, 0.6) is 0 Å². The number of benzene rings is 10. The number of hydrogen-bond acceptors (Lipinski definition) is 5. The van der Waals surface area contributed by atoms with Crippen molar-refractivity contribution in [2.75, 3.05) is 6.54 Å². The van der Waals surface area contributed by atoms with Gasteiger partial charge in [-0.3, -0.25) is 25.0 Å². The van der Waals surface area contributed by atoms with Crippen molar-refractivity contribution in [1.29, 1.82) is 0 Å². The third-order valence-corrected chi connectivity index (χ3v) is 15.2. The molecule has 0 bridgehead atoms. The summed E-state index contributed by atoms with van der Waals surface area (Å²) in [5.41, 5.74) is 25.1. The number of aliphatic imine (C=N–C) groups is 5.